The molecule has 0 aliphatic carbocycles. The summed E-state index contributed by atoms with van der Waals surface area (Å²) >= 11 is 0. The van der Waals surface area contributed by atoms with E-state index in [0.717, 1.165) is 12.8 Å². The molecule has 19 heavy (non-hydrogen) atoms. The Labute approximate surface area is 121 Å². The van der Waals surface area contributed by atoms with Gasteiger partial charge in [-0.3, -0.25) is 0 Å². The van der Waals surface area contributed by atoms with Crippen molar-refractivity contribution in [2.75, 3.05) is 32.4 Å². The largest absolute Gasteiger partial charge is 0.748 e. The van der Waals surface area contributed by atoms with E-state index in [4.69, 9.17) is 0 Å². The van der Waals surface area contributed by atoms with Gasteiger partial charge in [-0.1, -0.05) is 51.9 Å². The normalized spacial score (nSPS) is 11.9. The van der Waals surface area contributed by atoms with E-state index in [1.807, 2.05) is 0 Å². The Balaban J connectivity index is 0. The first-order valence-corrected chi connectivity index (χ1v) is 12.4. The van der Waals surface area contributed by atoms with E-state index in [1.165, 1.54) is 32.1 Å². The molecule has 0 saturated carbocycles. The molecule has 0 saturated heterocycles. The third kappa shape index (κ3) is 38.1. The van der Waals surface area contributed by atoms with Crippen LogP contribution in [0.25, 0.3) is 0 Å². The fourth-order valence-electron chi connectivity index (χ4n) is 1.41. The zero-order valence-electron chi connectivity index (χ0n) is 13.4. The maximum Gasteiger partial charge on any atom is 0.0945 e. The molecule has 0 aromatic rings. The molecule has 0 rings (SSSR count). The van der Waals surface area contributed by atoms with E-state index in [9.17, 15) is 13.0 Å². The molecule has 0 heterocycles. The Morgan fingerprint density at radius 1 is 0.789 bits per heavy atom. The molecule has 118 valence electrons. The molecule has 0 N–H and O–H groups in total. The molecule has 0 unspecified atom stereocenters. The Morgan fingerprint density at radius 3 is 1.42 bits per heavy atom. The molecule has 0 amide bonds. The van der Waals surface area contributed by atoms with Gasteiger partial charge in [0.25, 0.3) is 0 Å². The average Bonchev–Trinajstić information content (AvgIpc) is 2.18. The summed E-state index contributed by atoms with van der Waals surface area (Å²) in [5, 5.41) is 0. The molecule has 0 aliphatic heterocycles. The van der Waals surface area contributed by atoms with Crippen LogP contribution < -0.4 is 0 Å². The summed E-state index contributed by atoms with van der Waals surface area (Å²) in [6.45, 7) is 11.4. The van der Waals surface area contributed by atoms with E-state index in [-0.39, 0.29) is 13.0 Å². The number of hydrogen-bond donors (Lipinski definition) is 0. The lowest BCUT2D eigenvalue weighted by molar-refractivity contribution is 0.459. The Hall–Kier alpha value is 0.340. The summed E-state index contributed by atoms with van der Waals surface area (Å²) in [5.41, 5.74) is 0. The lowest BCUT2D eigenvalue weighted by Gasteiger charge is -2.05. The van der Waals surface area contributed by atoms with Gasteiger partial charge in [0, 0.05) is 39.7 Å². The molecule has 0 bridgehead atoms. The van der Waals surface area contributed by atoms with Crippen LogP contribution in [-0.2, 0) is 10.1 Å². The van der Waals surface area contributed by atoms with Crippen molar-refractivity contribution < 1.29 is 13.0 Å². The van der Waals surface area contributed by atoms with Gasteiger partial charge >= 0.3 is 0 Å². The molecule has 5 heteroatoms. The third-order valence-corrected chi connectivity index (χ3v) is 3.04. The SMILES string of the molecule is CCCCCCCCCCS(=O)(=O)[O-].C[P+](C)(C)C. The molecule has 0 atom stereocenters. The van der Waals surface area contributed by atoms with Gasteiger partial charge in [0.15, 0.2) is 0 Å². The van der Waals surface area contributed by atoms with Crippen molar-refractivity contribution in [1.82, 2.24) is 0 Å². The molecule has 0 radical (unpaired) electrons. The second kappa shape index (κ2) is 12.1. The van der Waals surface area contributed by atoms with Gasteiger partial charge in [0.05, 0.1) is 10.1 Å². The Kier molecular flexibility index (Phi) is 13.8. The van der Waals surface area contributed by atoms with Crippen molar-refractivity contribution in [3.05, 3.63) is 0 Å². The van der Waals surface area contributed by atoms with E-state index in [1.54, 1.807) is 0 Å². The van der Waals surface area contributed by atoms with Gasteiger partial charge < -0.3 is 4.55 Å². The quantitative estimate of drug-likeness (QED) is 0.364. The summed E-state index contributed by atoms with van der Waals surface area (Å²) in [5.74, 6) is -0.193. The van der Waals surface area contributed by atoms with Crippen LogP contribution in [0.1, 0.15) is 58.3 Å². The van der Waals surface area contributed by atoms with Gasteiger partial charge in [-0.2, -0.15) is 0 Å². The maximum absolute atomic E-state index is 10.2. The van der Waals surface area contributed by atoms with Gasteiger partial charge in [0.2, 0.25) is 0 Å². The van der Waals surface area contributed by atoms with Crippen LogP contribution in [0.5, 0.6) is 0 Å². The average molecular weight is 312 g/mol. The second-order valence-corrected chi connectivity index (χ2v) is 13.3. The third-order valence-electron chi connectivity index (χ3n) is 2.25. The number of hydrogen-bond acceptors (Lipinski definition) is 3. The molecule has 0 aromatic heterocycles. The minimum Gasteiger partial charge on any atom is -0.748 e. The fraction of sp³-hybridized carbons (Fsp3) is 1.00. The van der Waals surface area contributed by atoms with Gasteiger partial charge in [0.1, 0.15) is 0 Å². The standard InChI is InChI=1S/C10H22O3S.C4H12P/c1-2-3-4-5-6-7-8-9-10-14(11,12)13;1-5(2,3)4/h2-10H2,1H3,(H,11,12,13);1-4H3/q;+1/p-1. The van der Waals surface area contributed by atoms with E-state index in [2.05, 4.69) is 33.6 Å². The van der Waals surface area contributed by atoms with Crippen LogP contribution in [-0.4, -0.2) is 45.4 Å². The van der Waals surface area contributed by atoms with Crippen LogP contribution in [0.3, 0.4) is 0 Å². The Morgan fingerprint density at radius 2 is 1.11 bits per heavy atom. The monoisotopic (exact) mass is 312 g/mol. The van der Waals surface area contributed by atoms with Crippen LogP contribution in [0, 0.1) is 0 Å². The molecule has 0 aliphatic rings. The van der Waals surface area contributed by atoms with Crippen molar-refractivity contribution in [1.29, 1.82) is 0 Å². The first-order chi connectivity index (χ1) is 8.56. The molecule has 0 fully saturated rings. The highest BCUT2D eigenvalue weighted by Gasteiger charge is 2.03. The number of unbranched alkanes of at least 4 members (excludes halogenated alkanes) is 7. The van der Waals surface area contributed by atoms with Crippen LogP contribution in [0.2, 0.25) is 0 Å². The van der Waals surface area contributed by atoms with Crippen LogP contribution in [0.4, 0.5) is 0 Å². The van der Waals surface area contributed by atoms with Gasteiger partial charge in [-0.05, 0) is 6.42 Å². The van der Waals surface area contributed by atoms with Gasteiger partial charge in [-0.25, -0.2) is 8.42 Å². The lowest BCUT2D eigenvalue weighted by atomic mass is 10.1. The minimum atomic E-state index is -3.98. The zero-order valence-corrected chi connectivity index (χ0v) is 15.2. The molecule has 0 spiro atoms. The second-order valence-electron chi connectivity index (χ2n) is 6.42. The highest BCUT2D eigenvalue weighted by molar-refractivity contribution is 7.85. The summed E-state index contributed by atoms with van der Waals surface area (Å²) < 4.78 is 30.7. The zero-order chi connectivity index (χ0) is 15.4. The molecular formula is C14H33O3PS. The van der Waals surface area contributed by atoms with Crippen molar-refractivity contribution in [3.63, 3.8) is 0 Å². The predicted octanol–water partition coefficient (Wildman–Crippen LogP) is 4.20. The first-order valence-electron chi connectivity index (χ1n) is 7.28. The number of rotatable bonds is 9. The van der Waals surface area contributed by atoms with Crippen molar-refractivity contribution in [3.8, 4) is 0 Å². The van der Waals surface area contributed by atoms with Crippen molar-refractivity contribution >= 4 is 17.4 Å². The molecular weight excluding hydrogens is 279 g/mol. The minimum absolute atomic E-state index is 0.193. The fourth-order valence-corrected chi connectivity index (χ4v) is 1.97. The van der Waals surface area contributed by atoms with Crippen LogP contribution >= 0.6 is 7.26 Å². The smallest absolute Gasteiger partial charge is 0.0945 e. The highest BCUT2D eigenvalue weighted by Crippen LogP contribution is 2.40. The topological polar surface area (TPSA) is 57.2 Å². The maximum atomic E-state index is 10.2. The van der Waals surface area contributed by atoms with E-state index >= 15 is 0 Å². The van der Waals surface area contributed by atoms with Crippen molar-refractivity contribution in [2.24, 2.45) is 0 Å². The molecule has 3 nitrogen and oxygen atoms in total. The van der Waals surface area contributed by atoms with E-state index < -0.39 is 10.1 Å². The molecule has 0 aromatic carbocycles. The predicted molar refractivity (Wildman–Crippen MR) is 87.8 cm³/mol. The van der Waals surface area contributed by atoms with Crippen molar-refractivity contribution in [2.45, 2.75) is 58.3 Å². The summed E-state index contributed by atoms with van der Waals surface area (Å²) in [6.07, 6.45) is 8.66. The van der Waals surface area contributed by atoms with E-state index in [0.29, 0.717) is 6.42 Å². The lowest BCUT2D eigenvalue weighted by Crippen LogP contribution is -2.03. The highest BCUT2D eigenvalue weighted by atomic mass is 32.2. The summed E-state index contributed by atoms with van der Waals surface area (Å²) in [7, 11) is -4.36. The summed E-state index contributed by atoms with van der Waals surface area (Å²) in [4.78, 5) is 0. The van der Waals surface area contributed by atoms with Gasteiger partial charge in [-0.15, -0.1) is 0 Å². The summed E-state index contributed by atoms with van der Waals surface area (Å²) in [6, 6.07) is 0. The first kappa shape index (κ1) is 21.6. The Bertz CT molecular complexity index is 276. The van der Waals surface area contributed by atoms with Crippen LogP contribution in [0.15, 0.2) is 0 Å².